The van der Waals surface area contributed by atoms with Gasteiger partial charge in [0.15, 0.2) is 0 Å². The molecule has 3 nitrogen and oxygen atoms in total. The first kappa shape index (κ1) is 13.4. The summed E-state index contributed by atoms with van der Waals surface area (Å²) >= 11 is 0. The molecular weight excluding hydrogens is 240 g/mol. The third-order valence-electron chi connectivity index (χ3n) is 3.14. The number of methoxy groups -OCH3 is 1. The number of carbonyl (C=O) groups excluding carboxylic acids is 1. The van der Waals surface area contributed by atoms with Gasteiger partial charge in [0.1, 0.15) is 11.9 Å². The maximum absolute atomic E-state index is 11.3. The predicted octanol–water partition coefficient (Wildman–Crippen LogP) is 3.86. The minimum atomic E-state index is -0.223. The quantitative estimate of drug-likeness (QED) is 0.781. The number of hydrogen-bond acceptors (Lipinski definition) is 3. The van der Waals surface area contributed by atoms with Crippen LogP contribution < -0.4 is 4.74 Å². The second kappa shape index (κ2) is 5.74. The summed E-state index contributed by atoms with van der Waals surface area (Å²) in [5.41, 5.74) is 1.000. The van der Waals surface area contributed by atoms with E-state index in [4.69, 9.17) is 9.47 Å². The van der Waals surface area contributed by atoms with Gasteiger partial charge in [0.25, 0.3) is 0 Å². The van der Waals surface area contributed by atoms with Crippen LogP contribution in [0.5, 0.6) is 5.75 Å². The summed E-state index contributed by atoms with van der Waals surface area (Å²) in [4.78, 5) is 11.3. The fourth-order valence-electron chi connectivity index (χ4n) is 1.97. The van der Waals surface area contributed by atoms with Crippen LogP contribution in [0.2, 0.25) is 0 Å². The second-order valence-corrected chi connectivity index (χ2v) is 4.46. The molecule has 0 radical (unpaired) electrons. The molecule has 0 aliphatic carbocycles. The molecule has 0 bridgehead atoms. The van der Waals surface area contributed by atoms with Crippen LogP contribution >= 0.6 is 0 Å². The van der Waals surface area contributed by atoms with Crippen LogP contribution in [0.15, 0.2) is 36.4 Å². The summed E-state index contributed by atoms with van der Waals surface area (Å²) in [5.74, 6) is 0.660. The standard InChI is InChI=1S/C16H18O3/c1-4-16(17)19-11(2)12-5-6-14-10-15(18-3)8-7-13(14)9-12/h5-11H,4H2,1-3H3. The summed E-state index contributed by atoms with van der Waals surface area (Å²) < 4.78 is 10.5. The van der Waals surface area contributed by atoms with Gasteiger partial charge in [0.05, 0.1) is 7.11 Å². The summed E-state index contributed by atoms with van der Waals surface area (Å²) in [6, 6.07) is 12.0. The van der Waals surface area contributed by atoms with Crippen molar-refractivity contribution in [1.29, 1.82) is 0 Å². The molecule has 3 heteroatoms. The van der Waals surface area contributed by atoms with Crippen LogP contribution in [0.25, 0.3) is 10.8 Å². The highest BCUT2D eigenvalue weighted by molar-refractivity contribution is 5.84. The van der Waals surface area contributed by atoms with Gasteiger partial charge in [0.2, 0.25) is 0 Å². The van der Waals surface area contributed by atoms with Gasteiger partial charge in [-0.1, -0.05) is 25.1 Å². The van der Waals surface area contributed by atoms with E-state index in [9.17, 15) is 4.79 Å². The normalized spacial score (nSPS) is 12.2. The molecule has 0 aromatic heterocycles. The van der Waals surface area contributed by atoms with Gasteiger partial charge in [-0.15, -0.1) is 0 Å². The van der Waals surface area contributed by atoms with Gasteiger partial charge in [-0.3, -0.25) is 4.79 Å². The summed E-state index contributed by atoms with van der Waals surface area (Å²) in [6.07, 6.45) is 0.175. The molecule has 2 aromatic rings. The first-order chi connectivity index (χ1) is 9.13. The molecule has 2 aromatic carbocycles. The first-order valence-electron chi connectivity index (χ1n) is 6.41. The topological polar surface area (TPSA) is 35.5 Å². The van der Waals surface area contributed by atoms with Gasteiger partial charge in [-0.05, 0) is 41.5 Å². The Morgan fingerprint density at radius 3 is 2.53 bits per heavy atom. The molecule has 0 N–H and O–H groups in total. The number of fused-ring (bicyclic) bond motifs is 1. The molecule has 2 rings (SSSR count). The molecule has 0 saturated carbocycles. The van der Waals surface area contributed by atoms with E-state index in [2.05, 4.69) is 0 Å². The van der Waals surface area contributed by atoms with E-state index in [1.807, 2.05) is 43.3 Å². The molecule has 1 atom stereocenters. The van der Waals surface area contributed by atoms with Crippen molar-refractivity contribution in [2.75, 3.05) is 7.11 Å². The zero-order valence-corrected chi connectivity index (χ0v) is 11.5. The fraction of sp³-hybridized carbons (Fsp3) is 0.312. The van der Waals surface area contributed by atoms with Gasteiger partial charge in [-0.25, -0.2) is 0 Å². The average molecular weight is 258 g/mol. The molecule has 1 unspecified atom stereocenters. The largest absolute Gasteiger partial charge is 0.497 e. The molecule has 0 saturated heterocycles. The molecule has 0 fully saturated rings. The summed E-state index contributed by atoms with van der Waals surface area (Å²) in [5, 5.41) is 2.22. The maximum Gasteiger partial charge on any atom is 0.306 e. The minimum Gasteiger partial charge on any atom is -0.497 e. The molecule has 100 valence electrons. The van der Waals surface area contributed by atoms with E-state index in [1.165, 1.54) is 0 Å². The van der Waals surface area contributed by atoms with Gasteiger partial charge >= 0.3 is 5.97 Å². The Hall–Kier alpha value is -2.03. The number of rotatable bonds is 4. The van der Waals surface area contributed by atoms with Crippen LogP contribution in [-0.4, -0.2) is 13.1 Å². The Bertz CT molecular complexity index is 590. The zero-order chi connectivity index (χ0) is 13.8. The van der Waals surface area contributed by atoms with E-state index in [0.717, 1.165) is 22.1 Å². The highest BCUT2D eigenvalue weighted by atomic mass is 16.5. The number of esters is 1. The summed E-state index contributed by atoms with van der Waals surface area (Å²) in [7, 11) is 1.65. The molecule has 0 aliphatic rings. The lowest BCUT2D eigenvalue weighted by molar-refractivity contribution is -0.148. The average Bonchev–Trinajstić information content (AvgIpc) is 2.45. The third-order valence-corrected chi connectivity index (χ3v) is 3.14. The van der Waals surface area contributed by atoms with Crippen LogP contribution in [0.3, 0.4) is 0 Å². The van der Waals surface area contributed by atoms with Gasteiger partial charge in [-0.2, -0.15) is 0 Å². The van der Waals surface area contributed by atoms with Crippen molar-refractivity contribution in [2.24, 2.45) is 0 Å². The van der Waals surface area contributed by atoms with Crippen molar-refractivity contribution >= 4 is 16.7 Å². The van der Waals surface area contributed by atoms with E-state index in [1.54, 1.807) is 14.0 Å². The van der Waals surface area contributed by atoms with Crippen molar-refractivity contribution < 1.29 is 14.3 Å². The van der Waals surface area contributed by atoms with E-state index in [0.29, 0.717) is 6.42 Å². The lowest BCUT2D eigenvalue weighted by Crippen LogP contribution is -2.07. The van der Waals surface area contributed by atoms with Crippen molar-refractivity contribution in [3.05, 3.63) is 42.0 Å². The lowest BCUT2D eigenvalue weighted by Gasteiger charge is -2.14. The molecule has 19 heavy (non-hydrogen) atoms. The second-order valence-electron chi connectivity index (χ2n) is 4.46. The van der Waals surface area contributed by atoms with E-state index < -0.39 is 0 Å². The Balaban J connectivity index is 2.28. The maximum atomic E-state index is 11.3. The van der Waals surface area contributed by atoms with Crippen molar-refractivity contribution in [1.82, 2.24) is 0 Å². The Kier molecular flexibility index (Phi) is 4.05. The molecular formula is C16H18O3. The molecule has 0 spiro atoms. The van der Waals surface area contributed by atoms with E-state index in [-0.39, 0.29) is 12.1 Å². The van der Waals surface area contributed by atoms with Crippen LogP contribution in [0.1, 0.15) is 31.9 Å². The van der Waals surface area contributed by atoms with Gasteiger partial charge in [0, 0.05) is 6.42 Å². The van der Waals surface area contributed by atoms with Crippen LogP contribution in [0, 0.1) is 0 Å². The molecule has 0 heterocycles. The summed E-state index contributed by atoms with van der Waals surface area (Å²) in [6.45, 7) is 3.68. The van der Waals surface area contributed by atoms with Crippen molar-refractivity contribution in [2.45, 2.75) is 26.4 Å². The van der Waals surface area contributed by atoms with Crippen LogP contribution in [0.4, 0.5) is 0 Å². The number of benzene rings is 2. The number of carbonyl (C=O) groups is 1. The smallest absolute Gasteiger partial charge is 0.306 e. The third kappa shape index (κ3) is 3.05. The van der Waals surface area contributed by atoms with Crippen molar-refractivity contribution in [3.63, 3.8) is 0 Å². The fourth-order valence-corrected chi connectivity index (χ4v) is 1.97. The highest BCUT2D eigenvalue weighted by Gasteiger charge is 2.10. The Morgan fingerprint density at radius 1 is 1.16 bits per heavy atom. The number of ether oxygens (including phenoxy) is 2. The minimum absolute atomic E-state index is 0.178. The monoisotopic (exact) mass is 258 g/mol. The van der Waals surface area contributed by atoms with Gasteiger partial charge < -0.3 is 9.47 Å². The Morgan fingerprint density at radius 2 is 1.84 bits per heavy atom. The van der Waals surface area contributed by atoms with Crippen LogP contribution in [-0.2, 0) is 9.53 Å². The highest BCUT2D eigenvalue weighted by Crippen LogP contribution is 2.25. The zero-order valence-electron chi connectivity index (χ0n) is 11.5. The first-order valence-corrected chi connectivity index (χ1v) is 6.41. The Labute approximate surface area is 113 Å². The predicted molar refractivity (Wildman–Crippen MR) is 75.3 cm³/mol. The molecule has 0 aliphatic heterocycles. The van der Waals surface area contributed by atoms with E-state index >= 15 is 0 Å². The lowest BCUT2D eigenvalue weighted by atomic mass is 10.0. The van der Waals surface area contributed by atoms with Crippen molar-refractivity contribution in [3.8, 4) is 5.75 Å². The number of hydrogen-bond donors (Lipinski definition) is 0. The SMILES string of the molecule is CCC(=O)OC(C)c1ccc2cc(OC)ccc2c1. The molecule has 0 amide bonds.